The maximum Gasteiger partial charge on any atom is 0.475 e. The summed E-state index contributed by atoms with van der Waals surface area (Å²) in [6.45, 7) is 3.05. The number of amides is 8. The molecule has 0 radical (unpaired) electrons. The van der Waals surface area contributed by atoms with E-state index in [0.717, 1.165) is 5.56 Å². The molecule has 534 valence electrons. The number of nitrogens with two attached hydrogens (primary N) is 2. The van der Waals surface area contributed by atoms with Crippen LogP contribution in [0.25, 0.3) is 0 Å². The lowest BCUT2D eigenvalue weighted by molar-refractivity contribution is -0.145. The van der Waals surface area contributed by atoms with Crippen molar-refractivity contribution in [1.29, 1.82) is 0 Å². The van der Waals surface area contributed by atoms with Gasteiger partial charge in [0.15, 0.2) is 5.96 Å². The Morgan fingerprint density at radius 3 is 1.64 bits per heavy atom. The van der Waals surface area contributed by atoms with E-state index >= 15 is 0 Å². The number of carboxylic acid groups (broad SMARTS) is 5. The molecule has 3 fully saturated rings. The van der Waals surface area contributed by atoms with E-state index in [0.29, 0.717) is 51.0 Å². The van der Waals surface area contributed by atoms with Crippen molar-refractivity contribution in [2.45, 2.75) is 121 Å². The van der Waals surface area contributed by atoms with Gasteiger partial charge in [0.05, 0.1) is 32.1 Å². The van der Waals surface area contributed by atoms with E-state index in [1.165, 1.54) is 11.8 Å². The predicted octanol–water partition coefficient (Wildman–Crippen LogP) is -6.04. The van der Waals surface area contributed by atoms with Crippen LogP contribution in [0.4, 0.5) is 0 Å². The van der Waals surface area contributed by atoms with Gasteiger partial charge in [0, 0.05) is 143 Å². The number of likely N-dealkylation sites (tertiary alicyclic amines) is 1. The maximum atomic E-state index is 13.8. The van der Waals surface area contributed by atoms with Gasteiger partial charge in [-0.3, -0.25) is 87.0 Å². The van der Waals surface area contributed by atoms with E-state index in [-0.39, 0.29) is 161 Å². The first-order valence-corrected chi connectivity index (χ1v) is 32.1. The third kappa shape index (κ3) is 30.4. The number of carboxylic acids is 5. The number of hydrogen-bond acceptors (Lipinski definition) is 21. The van der Waals surface area contributed by atoms with Gasteiger partial charge in [-0.05, 0) is 76.0 Å². The molecular formula is C59H95BN16O20. The Kier molecular flexibility index (Phi) is 35.0. The minimum atomic E-state index is -1.68. The molecule has 0 aliphatic carbocycles. The molecule has 3 aliphatic rings. The van der Waals surface area contributed by atoms with Gasteiger partial charge >= 0.3 is 37.0 Å². The number of carbonyl (C=O) groups is 13. The van der Waals surface area contributed by atoms with Crippen LogP contribution in [0.1, 0.15) is 99.9 Å². The van der Waals surface area contributed by atoms with Crippen LogP contribution in [0.2, 0.25) is 0 Å². The molecule has 37 heteroatoms. The van der Waals surface area contributed by atoms with Crippen LogP contribution >= 0.6 is 0 Å². The third-order valence-corrected chi connectivity index (χ3v) is 16.5. The number of rotatable bonds is 38. The highest BCUT2D eigenvalue weighted by atomic mass is 16.4. The first kappa shape index (κ1) is 79.8. The number of benzene rings is 1. The van der Waals surface area contributed by atoms with Gasteiger partial charge in [0.1, 0.15) is 24.2 Å². The second-order valence-corrected chi connectivity index (χ2v) is 23.8. The summed E-state index contributed by atoms with van der Waals surface area (Å²) in [6, 6.07) is 1.96. The second-order valence-electron chi connectivity index (χ2n) is 23.8. The zero-order valence-electron chi connectivity index (χ0n) is 54.3. The zero-order valence-corrected chi connectivity index (χ0v) is 54.3. The Morgan fingerprint density at radius 2 is 1.08 bits per heavy atom. The Bertz CT molecular complexity index is 2800. The van der Waals surface area contributed by atoms with Crippen molar-refractivity contribution in [2.75, 3.05) is 131 Å². The molecule has 0 spiro atoms. The van der Waals surface area contributed by atoms with Crippen LogP contribution in [0, 0.1) is 0 Å². The number of aliphatic carboxylic acids is 5. The summed E-state index contributed by atoms with van der Waals surface area (Å²) in [7, 11) is -1.68. The Morgan fingerprint density at radius 1 is 0.552 bits per heavy atom. The van der Waals surface area contributed by atoms with E-state index in [1.807, 2.05) is 4.90 Å². The van der Waals surface area contributed by atoms with Crippen LogP contribution in [-0.2, 0) is 64.1 Å². The van der Waals surface area contributed by atoms with Crippen LogP contribution < -0.4 is 43.4 Å². The fourth-order valence-corrected chi connectivity index (χ4v) is 11.2. The quantitative estimate of drug-likeness (QED) is 0.0127. The van der Waals surface area contributed by atoms with Gasteiger partial charge in [0.25, 0.3) is 5.91 Å². The first-order chi connectivity index (χ1) is 45.6. The molecule has 96 heavy (non-hydrogen) atoms. The number of carbonyl (C=O) groups excluding carboxylic acids is 8. The lowest BCUT2D eigenvalue weighted by atomic mass is 9.78. The first-order valence-electron chi connectivity index (χ1n) is 32.1. The summed E-state index contributed by atoms with van der Waals surface area (Å²) in [6.07, 6.45) is 0.886. The fraction of sp³-hybridized carbons (Fsp3) is 0.661. The summed E-state index contributed by atoms with van der Waals surface area (Å²) in [5, 5.41) is 83.4. The van der Waals surface area contributed by atoms with Crippen molar-refractivity contribution in [3.63, 3.8) is 0 Å². The SMILES string of the molecule is C[C@@H](NC(=O)c1ccc(CNC(=O)CCN2CCN(C(=O)[C@H](CCCN=C(N)N)NC(=O)CCC(=O)NCC(=O)N[C@@H](CCCCNC(=O)CC[C@H](C(=O)O)N3CCN(CC(=O)O)CCN(CC(=O)O)CCN(CC(=O)O)CC3)C(=O)O)CC2)cc1)C(=O)N1CCC[C@H]1B(O)O. The van der Waals surface area contributed by atoms with E-state index in [4.69, 9.17) is 11.5 Å². The van der Waals surface area contributed by atoms with Crippen LogP contribution in [0.5, 0.6) is 0 Å². The van der Waals surface area contributed by atoms with E-state index in [2.05, 4.69) is 36.9 Å². The topological polar surface area (TPSA) is 523 Å². The van der Waals surface area contributed by atoms with Crippen LogP contribution in [-0.4, -0.2) is 321 Å². The fourth-order valence-electron chi connectivity index (χ4n) is 11.2. The molecule has 1 aromatic rings. The van der Waals surface area contributed by atoms with Gasteiger partial charge in [-0.2, -0.15) is 0 Å². The molecule has 5 atom stereocenters. The highest BCUT2D eigenvalue weighted by Crippen LogP contribution is 2.20. The van der Waals surface area contributed by atoms with Crippen molar-refractivity contribution in [2.24, 2.45) is 16.5 Å². The van der Waals surface area contributed by atoms with Gasteiger partial charge in [-0.1, -0.05) is 12.1 Å². The maximum absolute atomic E-state index is 13.8. The molecular weight excluding hydrogens is 1260 g/mol. The van der Waals surface area contributed by atoms with Crippen molar-refractivity contribution >= 4 is 90.2 Å². The lowest BCUT2D eigenvalue weighted by Crippen LogP contribution is -2.55. The van der Waals surface area contributed by atoms with Gasteiger partial charge in [0.2, 0.25) is 41.4 Å². The molecule has 3 heterocycles. The molecule has 0 unspecified atom stereocenters. The Balaban J connectivity index is 1.15. The van der Waals surface area contributed by atoms with E-state index in [1.54, 1.807) is 48.8 Å². The number of nitrogens with zero attached hydrogens (tertiary/aromatic N) is 8. The normalized spacial score (nSPS) is 17.6. The summed E-state index contributed by atoms with van der Waals surface area (Å²) in [4.78, 5) is 179. The standard InChI is InChI=1S/C59H95BN16O20/c1-39(55(89)76-20-5-8-45(76)60(95)96)67-54(88)41-11-9-40(10-12-41)34-65-48(79)17-21-70-26-32-75(33-27-70)56(90)42(7-4-19-64-59(61)62)68-49(80)16-15-47(78)66-35-50(81)69-43(57(91)92)6-2-3-18-63-46(77)14-13-44(58(93)94)74-30-28-72(37-52(84)85)24-22-71(36-51(82)83)23-25-73(29-31-74)38-53(86)87/h9-12,39,42-45,95-96H,2-8,13-38H2,1H3,(H,63,77)(H,65,79)(H,66,78)(H,67,88)(H,68,80)(H,69,81)(H,82,83)(H,84,85)(H,86,87)(H,91,92)(H,93,94)(H4,61,62,64)/t39-,42+,43+,44-,45+/m1/s1. The molecule has 0 aromatic heterocycles. The summed E-state index contributed by atoms with van der Waals surface area (Å²) < 4.78 is 0. The number of hydrogen-bond donors (Lipinski definition) is 15. The monoisotopic (exact) mass is 1360 g/mol. The number of nitrogens with one attached hydrogen (secondary N) is 6. The summed E-state index contributed by atoms with van der Waals surface area (Å²) in [5.41, 5.74) is 11.9. The zero-order chi connectivity index (χ0) is 70.9. The van der Waals surface area contributed by atoms with Gasteiger partial charge in [-0.15, -0.1) is 0 Å². The Hall–Kier alpha value is -8.62. The van der Waals surface area contributed by atoms with Crippen LogP contribution in [0.15, 0.2) is 29.3 Å². The van der Waals surface area contributed by atoms with Crippen molar-refractivity contribution in [3.8, 4) is 0 Å². The molecule has 3 aliphatic heterocycles. The largest absolute Gasteiger partial charge is 0.480 e. The molecule has 0 bridgehead atoms. The molecule has 8 amide bonds. The summed E-state index contributed by atoms with van der Waals surface area (Å²) >= 11 is 0. The highest BCUT2D eigenvalue weighted by Gasteiger charge is 2.39. The number of unbranched alkanes of at least 4 members (excludes halogenated alkanes) is 1. The number of guanidine groups is 1. The van der Waals surface area contributed by atoms with Gasteiger partial charge < -0.3 is 88.7 Å². The number of piperazine rings is 1. The summed E-state index contributed by atoms with van der Waals surface area (Å²) in [5.74, 6) is -11.2. The van der Waals surface area contributed by atoms with Gasteiger partial charge in [-0.25, -0.2) is 4.79 Å². The second kappa shape index (κ2) is 42.0. The minimum Gasteiger partial charge on any atom is -0.480 e. The van der Waals surface area contributed by atoms with Crippen molar-refractivity contribution < 1.29 is 97.9 Å². The highest BCUT2D eigenvalue weighted by molar-refractivity contribution is 6.43. The average molecular weight is 1360 g/mol. The predicted molar refractivity (Wildman–Crippen MR) is 343 cm³/mol. The molecule has 3 saturated heterocycles. The smallest absolute Gasteiger partial charge is 0.475 e. The van der Waals surface area contributed by atoms with Crippen molar-refractivity contribution in [3.05, 3.63) is 35.4 Å². The molecule has 4 rings (SSSR count). The van der Waals surface area contributed by atoms with Crippen LogP contribution in [0.3, 0.4) is 0 Å². The van der Waals surface area contributed by atoms with E-state index < -0.39 is 129 Å². The van der Waals surface area contributed by atoms with E-state index in [9.17, 15) is 97.9 Å². The van der Waals surface area contributed by atoms with Crippen molar-refractivity contribution in [1.82, 2.24) is 66.2 Å². The third-order valence-electron chi connectivity index (χ3n) is 16.5. The minimum absolute atomic E-state index is 0.0258. The molecule has 36 nitrogen and oxygen atoms in total. The number of aliphatic imine (C=N–C) groups is 1. The average Bonchev–Trinajstić information content (AvgIpc) is 1.60. The molecule has 1 aromatic carbocycles. The Labute approximate surface area is 556 Å². The lowest BCUT2D eigenvalue weighted by Gasteiger charge is -2.36. The molecule has 17 N–H and O–H groups in total. The molecule has 0 saturated carbocycles.